The molecule has 17 heavy (non-hydrogen) atoms. The van der Waals surface area contributed by atoms with Crippen LogP contribution in [0, 0.1) is 12.3 Å². The quantitative estimate of drug-likeness (QED) is 0.756. The molecule has 1 rings (SSSR count). The van der Waals surface area contributed by atoms with E-state index in [1.165, 1.54) is 16.7 Å². The summed E-state index contributed by atoms with van der Waals surface area (Å²) < 4.78 is 0. The molecule has 1 aromatic carbocycles. The van der Waals surface area contributed by atoms with E-state index in [9.17, 15) is 0 Å². The Morgan fingerprint density at radius 3 is 2.35 bits per heavy atom. The van der Waals surface area contributed by atoms with Crippen LogP contribution in [0.1, 0.15) is 37.5 Å². The highest BCUT2D eigenvalue weighted by atomic mass is 15.0. The zero-order chi connectivity index (χ0) is 13.1. The molecule has 0 spiro atoms. The monoisotopic (exact) mass is 231 g/mol. The summed E-state index contributed by atoms with van der Waals surface area (Å²) in [6.07, 6.45) is 4.52. The van der Waals surface area contributed by atoms with Gasteiger partial charge in [0.1, 0.15) is 0 Å². The van der Waals surface area contributed by atoms with Gasteiger partial charge in [-0.05, 0) is 37.6 Å². The maximum absolute atomic E-state index is 2.28. The van der Waals surface area contributed by atoms with Crippen LogP contribution in [0.2, 0.25) is 0 Å². The standard InChI is InChI=1S/C16H25N/c1-13-7-8-14(9-10-16(2,3)4)15(11-13)12-17(5)6/h7-11H,12H2,1-6H3/b10-9+. The highest BCUT2D eigenvalue weighted by Gasteiger charge is 2.06. The van der Waals surface area contributed by atoms with E-state index in [0.717, 1.165) is 6.54 Å². The number of aryl methyl sites for hydroxylation is 1. The van der Waals surface area contributed by atoms with Gasteiger partial charge < -0.3 is 4.90 Å². The van der Waals surface area contributed by atoms with Gasteiger partial charge in [0, 0.05) is 6.54 Å². The van der Waals surface area contributed by atoms with Gasteiger partial charge in [-0.3, -0.25) is 0 Å². The molecule has 0 fully saturated rings. The van der Waals surface area contributed by atoms with E-state index < -0.39 is 0 Å². The van der Waals surface area contributed by atoms with Gasteiger partial charge in [-0.25, -0.2) is 0 Å². The van der Waals surface area contributed by atoms with Crippen molar-refractivity contribution >= 4 is 6.08 Å². The Labute approximate surface area is 106 Å². The molecule has 1 aromatic rings. The minimum Gasteiger partial charge on any atom is -0.305 e. The van der Waals surface area contributed by atoms with E-state index in [-0.39, 0.29) is 5.41 Å². The van der Waals surface area contributed by atoms with Gasteiger partial charge in [0.25, 0.3) is 0 Å². The van der Waals surface area contributed by atoms with Crippen LogP contribution in [0.25, 0.3) is 6.08 Å². The predicted octanol–water partition coefficient (Wildman–Crippen LogP) is 4.12. The van der Waals surface area contributed by atoms with E-state index in [0.29, 0.717) is 0 Å². The molecular weight excluding hydrogens is 206 g/mol. The van der Waals surface area contributed by atoms with Gasteiger partial charge in [0.2, 0.25) is 0 Å². The number of nitrogens with zero attached hydrogens (tertiary/aromatic N) is 1. The molecule has 0 aliphatic carbocycles. The van der Waals surface area contributed by atoms with E-state index in [1.807, 2.05) is 0 Å². The fourth-order valence-corrected chi connectivity index (χ4v) is 1.71. The predicted molar refractivity (Wildman–Crippen MR) is 77.1 cm³/mol. The van der Waals surface area contributed by atoms with Crippen LogP contribution in [-0.2, 0) is 6.54 Å². The Hall–Kier alpha value is -1.08. The lowest BCUT2D eigenvalue weighted by Gasteiger charge is -2.15. The third-order valence-electron chi connectivity index (χ3n) is 2.55. The minimum atomic E-state index is 0.236. The van der Waals surface area contributed by atoms with Gasteiger partial charge in [0.15, 0.2) is 0 Å². The molecule has 0 saturated heterocycles. The first kappa shape index (κ1) is 14.0. The molecule has 1 heteroatoms. The van der Waals surface area contributed by atoms with Crippen LogP contribution in [-0.4, -0.2) is 19.0 Å². The summed E-state index contributed by atoms with van der Waals surface area (Å²) in [6, 6.07) is 6.68. The number of benzene rings is 1. The van der Waals surface area contributed by atoms with Gasteiger partial charge in [-0.2, -0.15) is 0 Å². The Bertz CT molecular complexity index is 394. The number of hydrogen-bond acceptors (Lipinski definition) is 1. The molecule has 0 bridgehead atoms. The van der Waals surface area contributed by atoms with Gasteiger partial charge in [0.05, 0.1) is 0 Å². The molecule has 0 aliphatic heterocycles. The third kappa shape index (κ3) is 5.18. The van der Waals surface area contributed by atoms with Crippen LogP contribution >= 0.6 is 0 Å². The van der Waals surface area contributed by atoms with E-state index in [4.69, 9.17) is 0 Å². The van der Waals surface area contributed by atoms with Crippen LogP contribution in [0.5, 0.6) is 0 Å². The van der Waals surface area contributed by atoms with Crippen LogP contribution in [0.3, 0.4) is 0 Å². The summed E-state index contributed by atoms with van der Waals surface area (Å²) in [5.41, 5.74) is 4.30. The smallest absolute Gasteiger partial charge is 0.0233 e. The summed E-state index contributed by atoms with van der Waals surface area (Å²) in [7, 11) is 4.22. The van der Waals surface area contributed by atoms with Crippen molar-refractivity contribution in [1.29, 1.82) is 0 Å². The highest BCUT2D eigenvalue weighted by molar-refractivity contribution is 5.55. The van der Waals surface area contributed by atoms with Crippen LogP contribution in [0.15, 0.2) is 24.3 Å². The fraction of sp³-hybridized carbons (Fsp3) is 0.500. The van der Waals surface area contributed by atoms with Crippen LogP contribution < -0.4 is 0 Å². The van der Waals surface area contributed by atoms with E-state index in [1.54, 1.807) is 0 Å². The van der Waals surface area contributed by atoms with Crippen molar-refractivity contribution < 1.29 is 0 Å². The van der Waals surface area contributed by atoms with Crippen molar-refractivity contribution in [3.63, 3.8) is 0 Å². The summed E-state index contributed by atoms with van der Waals surface area (Å²) in [4.78, 5) is 2.21. The van der Waals surface area contributed by atoms with Crippen LogP contribution in [0.4, 0.5) is 0 Å². The largest absolute Gasteiger partial charge is 0.305 e. The maximum Gasteiger partial charge on any atom is 0.0233 e. The van der Waals surface area contributed by atoms with Crippen molar-refractivity contribution in [2.75, 3.05) is 14.1 Å². The zero-order valence-electron chi connectivity index (χ0n) is 12.0. The second-order valence-corrected chi connectivity index (χ2v) is 6.14. The SMILES string of the molecule is Cc1ccc(/C=C/C(C)(C)C)c(CN(C)C)c1. The van der Waals surface area contributed by atoms with Crippen molar-refractivity contribution in [3.8, 4) is 0 Å². The third-order valence-corrected chi connectivity index (χ3v) is 2.55. The molecule has 94 valence electrons. The molecular formula is C16H25N. The van der Waals surface area contributed by atoms with E-state index >= 15 is 0 Å². The Kier molecular flexibility index (Phi) is 4.53. The summed E-state index contributed by atoms with van der Waals surface area (Å²) in [6.45, 7) is 9.82. The molecule has 0 atom stereocenters. The minimum absolute atomic E-state index is 0.236. The van der Waals surface area contributed by atoms with Gasteiger partial charge in [-0.1, -0.05) is 56.7 Å². The fourth-order valence-electron chi connectivity index (χ4n) is 1.71. The summed E-state index contributed by atoms with van der Waals surface area (Å²) in [5.74, 6) is 0. The number of allylic oxidation sites excluding steroid dienone is 1. The molecule has 0 saturated carbocycles. The first-order chi connectivity index (χ1) is 7.78. The average molecular weight is 231 g/mol. The molecule has 0 heterocycles. The molecule has 0 unspecified atom stereocenters. The lowest BCUT2D eigenvalue weighted by atomic mass is 9.94. The summed E-state index contributed by atoms with van der Waals surface area (Å²) in [5, 5.41) is 0. The molecule has 0 aliphatic rings. The molecule has 0 radical (unpaired) electrons. The molecule has 0 amide bonds. The Morgan fingerprint density at radius 2 is 1.82 bits per heavy atom. The average Bonchev–Trinajstić information content (AvgIpc) is 2.14. The summed E-state index contributed by atoms with van der Waals surface area (Å²) >= 11 is 0. The highest BCUT2D eigenvalue weighted by Crippen LogP contribution is 2.20. The first-order valence-corrected chi connectivity index (χ1v) is 6.21. The Morgan fingerprint density at radius 1 is 1.18 bits per heavy atom. The van der Waals surface area contributed by atoms with Crippen molar-refractivity contribution in [2.24, 2.45) is 5.41 Å². The zero-order valence-corrected chi connectivity index (χ0v) is 12.0. The normalized spacial score (nSPS) is 12.6. The topological polar surface area (TPSA) is 3.24 Å². The van der Waals surface area contributed by atoms with Crippen molar-refractivity contribution in [2.45, 2.75) is 34.2 Å². The Balaban J connectivity index is 3.02. The van der Waals surface area contributed by atoms with Crippen molar-refractivity contribution in [3.05, 3.63) is 41.0 Å². The van der Waals surface area contributed by atoms with Gasteiger partial charge in [-0.15, -0.1) is 0 Å². The molecule has 0 N–H and O–H groups in total. The van der Waals surface area contributed by atoms with Gasteiger partial charge >= 0.3 is 0 Å². The second kappa shape index (κ2) is 5.50. The molecule has 1 nitrogen and oxygen atoms in total. The lowest BCUT2D eigenvalue weighted by Crippen LogP contribution is -2.11. The second-order valence-electron chi connectivity index (χ2n) is 6.14. The van der Waals surface area contributed by atoms with Crippen molar-refractivity contribution in [1.82, 2.24) is 4.90 Å². The lowest BCUT2D eigenvalue weighted by molar-refractivity contribution is 0.402. The number of rotatable bonds is 3. The number of hydrogen-bond donors (Lipinski definition) is 0. The molecule has 0 aromatic heterocycles. The maximum atomic E-state index is 2.28. The van der Waals surface area contributed by atoms with E-state index in [2.05, 4.69) is 77.0 Å². The first-order valence-electron chi connectivity index (χ1n) is 6.21.